The maximum absolute atomic E-state index is 12.2. The first-order valence-corrected chi connectivity index (χ1v) is 9.17. The normalized spacial score (nSPS) is 11.4. The molecule has 0 saturated carbocycles. The van der Waals surface area contributed by atoms with E-state index in [0.717, 1.165) is 24.3 Å². The molecular weight excluding hydrogens is 322 g/mol. The predicted octanol–water partition coefficient (Wildman–Crippen LogP) is 2.31. The van der Waals surface area contributed by atoms with Gasteiger partial charge in [0, 0.05) is 12.4 Å². The molecule has 0 atom stereocenters. The molecule has 0 aliphatic carbocycles. The smallest absolute Gasteiger partial charge is 0.267 e. The van der Waals surface area contributed by atoms with E-state index >= 15 is 0 Å². The zero-order valence-corrected chi connectivity index (χ0v) is 14.0. The van der Waals surface area contributed by atoms with Gasteiger partial charge in [-0.3, -0.25) is 9.78 Å². The summed E-state index contributed by atoms with van der Waals surface area (Å²) in [6.45, 7) is 3.78. The van der Waals surface area contributed by atoms with Crippen LogP contribution in [0, 0.1) is 6.92 Å². The molecule has 0 aliphatic heterocycles. The number of nitrogens with one attached hydrogen (secondary N) is 1. The van der Waals surface area contributed by atoms with Gasteiger partial charge in [0.1, 0.15) is 9.77 Å². The lowest BCUT2D eigenvalue weighted by Gasteiger charge is -2.05. The molecule has 1 amide bonds. The topological polar surface area (TPSA) is 89.0 Å². The van der Waals surface area contributed by atoms with Crippen molar-refractivity contribution in [3.63, 3.8) is 0 Å². The number of aryl methyl sites for hydroxylation is 2. The molecule has 0 unspecified atom stereocenters. The molecule has 0 saturated heterocycles. The minimum atomic E-state index is -3.92. The van der Waals surface area contributed by atoms with Gasteiger partial charge < -0.3 is 0 Å². The van der Waals surface area contributed by atoms with Crippen LogP contribution in [0.25, 0.3) is 0 Å². The van der Waals surface area contributed by atoms with Gasteiger partial charge in [-0.1, -0.05) is 13.3 Å². The standard InChI is InChI=1S/C14H17N3O3S2/c1-3-4-7-12-16-10(2)13(21-12)14(18)17-22(19,20)11-6-5-8-15-9-11/h5-6,8-9H,3-4,7H2,1-2H3,(H,17,18). The fourth-order valence-electron chi connectivity index (χ4n) is 1.83. The molecule has 0 radical (unpaired) electrons. The molecule has 2 aromatic heterocycles. The summed E-state index contributed by atoms with van der Waals surface area (Å²) in [6, 6.07) is 2.88. The second-order valence-electron chi connectivity index (χ2n) is 4.75. The summed E-state index contributed by atoms with van der Waals surface area (Å²) in [5.41, 5.74) is 0.551. The highest BCUT2D eigenvalue weighted by Gasteiger charge is 2.22. The quantitative estimate of drug-likeness (QED) is 0.872. The number of amides is 1. The van der Waals surface area contributed by atoms with Crippen molar-refractivity contribution in [3.05, 3.63) is 40.1 Å². The molecule has 0 spiro atoms. The number of hydrogen-bond donors (Lipinski definition) is 1. The average Bonchev–Trinajstić information content (AvgIpc) is 2.87. The summed E-state index contributed by atoms with van der Waals surface area (Å²) < 4.78 is 26.3. The summed E-state index contributed by atoms with van der Waals surface area (Å²) in [5, 5.41) is 0.850. The molecular formula is C14H17N3O3S2. The highest BCUT2D eigenvalue weighted by atomic mass is 32.2. The third kappa shape index (κ3) is 3.89. The van der Waals surface area contributed by atoms with Crippen molar-refractivity contribution in [2.45, 2.75) is 38.0 Å². The van der Waals surface area contributed by atoms with Crippen molar-refractivity contribution < 1.29 is 13.2 Å². The minimum Gasteiger partial charge on any atom is -0.267 e. The van der Waals surface area contributed by atoms with Crippen molar-refractivity contribution in [2.24, 2.45) is 0 Å². The molecule has 0 fully saturated rings. The highest BCUT2D eigenvalue weighted by molar-refractivity contribution is 7.90. The van der Waals surface area contributed by atoms with Crippen LogP contribution in [-0.4, -0.2) is 24.3 Å². The fraction of sp³-hybridized carbons (Fsp3) is 0.357. The van der Waals surface area contributed by atoms with Gasteiger partial charge >= 0.3 is 0 Å². The van der Waals surface area contributed by atoms with Crippen LogP contribution in [0.5, 0.6) is 0 Å². The Morgan fingerprint density at radius 2 is 2.18 bits per heavy atom. The Morgan fingerprint density at radius 3 is 2.82 bits per heavy atom. The van der Waals surface area contributed by atoms with E-state index in [2.05, 4.69) is 21.6 Å². The first-order chi connectivity index (χ1) is 10.4. The van der Waals surface area contributed by atoms with E-state index in [1.165, 1.54) is 35.9 Å². The van der Waals surface area contributed by atoms with Crippen LogP contribution in [-0.2, 0) is 16.4 Å². The SMILES string of the molecule is CCCCc1nc(C)c(C(=O)NS(=O)(=O)c2cccnc2)s1. The molecule has 0 bridgehead atoms. The van der Waals surface area contributed by atoms with Gasteiger partial charge in [0.15, 0.2) is 0 Å². The van der Waals surface area contributed by atoms with Gasteiger partial charge in [0.2, 0.25) is 0 Å². The van der Waals surface area contributed by atoms with E-state index < -0.39 is 15.9 Å². The Labute approximate surface area is 133 Å². The molecule has 0 aliphatic rings. The van der Waals surface area contributed by atoms with Crippen molar-refractivity contribution in [1.82, 2.24) is 14.7 Å². The Bertz CT molecular complexity index is 755. The van der Waals surface area contributed by atoms with Gasteiger partial charge in [-0.05, 0) is 31.9 Å². The summed E-state index contributed by atoms with van der Waals surface area (Å²) in [4.78, 5) is 20.6. The third-order valence-electron chi connectivity index (χ3n) is 2.96. The van der Waals surface area contributed by atoms with Gasteiger partial charge in [-0.25, -0.2) is 18.1 Å². The molecule has 2 aromatic rings. The largest absolute Gasteiger partial charge is 0.276 e. The molecule has 2 heterocycles. The number of carbonyl (C=O) groups excluding carboxylic acids is 1. The Hall–Kier alpha value is -1.80. The summed E-state index contributed by atoms with van der Waals surface area (Å²) >= 11 is 1.24. The Kier molecular flexibility index (Phi) is 5.25. The number of unbranched alkanes of at least 4 members (excludes halogenated alkanes) is 1. The lowest BCUT2D eigenvalue weighted by Crippen LogP contribution is -2.30. The molecule has 8 heteroatoms. The van der Waals surface area contributed by atoms with Crippen molar-refractivity contribution in [3.8, 4) is 0 Å². The zero-order valence-electron chi connectivity index (χ0n) is 12.4. The first kappa shape index (κ1) is 16.6. The Morgan fingerprint density at radius 1 is 1.41 bits per heavy atom. The first-order valence-electron chi connectivity index (χ1n) is 6.87. The third-order valence-corrected chi connectivity index (χ3v) is 5.50. The number of hydrogen-bond acceptors (Lipinski definition) is 6. The van der Waals surface area contributed by atoms with Crippen LogP contribution in [0.2, 0.25) is 0 Å². The van der Waals surface area contributed by atoms with Crippen LogP contribution in [0.1, 0.15) is 40.1 Å². The van der Waals surface area contributed by atoms with Crippen molar-refractivity contribution in [1.29, 1.82) is 0 Å². The molecule has 118 valence electrons. The summed E-state index contributed by atoms with van der Waals surface area (Å²) in [6.07, 6.45) is 5.48. The van der Waals surface area contributed by atoms with Gasteiger partial charge in [0.25, 0.3) is 15.9 Å². The van der Waals surface area contributed by atoms with E-state index in [1.54, 1.807) is 6.92 Å². The number of aromatic nitrogens is 2. The number of carbonyl (C=O) groups is 1. The maximum Gasteiger partial charge on any atom is 0.276 e. The van der Waals surface area contributed by atoms with Crippen LogP contribution in [0.3, 0.4) is 0 Å². The van der Waals surface area contributed by atoms with Gasteiger partial charge in [-0.2, -0.15) is 0 Å². The monoisotopic (exact) mass is 339 g/mol. The Balaban J connectivity index is 2.17. The number of sulfonamides is 1. The number of pyridine rings is 1. The fourth-order valence-corrected chi connectivity index (χ4v) is 3.82. The van der Waals surface area contributed by atoms with E-state index in [4.69, 9.17) is 0 Å². The average molecular weight is 339 g/mol. The number of nitrogens with zero attached hydrogens (tertiary/aromatic N) is 2. The van der Waals surface area contributed by atoms with Crippen molar-refractivity contribution >= 4 is 27.3 Å². The second-order valence-corrected chi connectivity index (χ2v) is 7.52. The van der Waals surface area contributed by atoms with E-state index in [-0.39, 0.29) is 4.90 Å². The van der Waals surface area contributed by atoms with Crippen LogP contribution >= 0.6 is 11.3 Å². The molecule has 6 nitrogen and oxygen atoms in total. The molecule has 22 heavy (non-hydrogen) atoms. The summed E-state index contributed by atoms with van der Waals surface area (Å²) in [7, 11) is -3.92. The molecule has 0 aromatic carbocycles. The van der Waals surface area contributed by atoms with Gasteiger partial charge in [-0.15, -0.1) is 11.3 Å². The zero-order chi connectivity index (χ0) is 16.2. The summed E-state index contributed by atoms with van der Waals surface area (Å²) in [5.74, 6) is -0.651. The highest BCUT2D eigenvalue weighted by Crippen LogP contribution is 2.20. The lowest BCUT2D eigenvalue weighted by atomic mass is 10.3. The molecule has 1 N–H and O–H groups in total. The number of rotatable bonds is 6. The van der Waals surface area contributed by atoms with Crippen LogP contribution < -0.4 is 4.72 Å². The minimum absolute atomic E-state index is 0.0447. The molecule has 2 rings (SSSR count). The van der Waals surface area contributed by atoms with Crippen LogP contribution in [0.15, 0.2) is 29.4 Å². The van der Waals surface area contributed by atoms with E-state index in [9.17, 15) is 13.2 Å². The predicted molar refractivity (Wildman–Crippen MR) is 84.4 cm³/mol. The van der Waals surface area contributed by atoms with Gasteiger partial charge in [0.05, 0.1) is 10.7 Å². The number of thiazole rings is 1. The van der Waals surface area contributed by atoms with Crippen LogP contribution in [0.4, 0.5) is 0 Å². The van der Waals surface area contributed by atoms with E-state index in [1.807, 2.05) is 0 Å². The van der Waals surface area contributed by atoms with Crippen molar-refractivity contribution in [2.75, 3.05) is 0 Å². The maximum atomic E-state index is 12.2. The lowest BCUT2D eigenvalue weighted by molar-refractivity contribution is 0.0984. The van der Waals surface area contributed by atoms with E-state index in [0.29, 0.717) is 10.6 Å². The second kappa shape index (κ2) is 6.97.